The molecule has 0 saturated carbocycles. The largest absolute Gasteiger partial charge is 0.490 e. The molecule has 9 heteroatoms. The van der Waals surface area contributed by atoms with Gasteiger partial charge in [-0.25, -0.2) is 0 Å². The molecular formula is C16H16Cl6O3. The Morgan fingerprint density at radius 1 is 0.960 bits per heavy atom. The first-order valence-electron chi connectivity index (χ1n) is 7.22. The Labute approximate surface area is 177 Å². The maximum Gasteiger partial charge on any atom is 0.156 e. The van der Waals surface area contributed by atoms with E-state index in [2.05, 4.69) is 0 Å². The van der Waals surface area contributed by atoms with Crippen LogP contribution in [-0.4, -0.2) is 26.4 Å². The number of hydrogen-bond acceptors (Lipinski definition) is 3. The molecule has 0 N–H and O–H groups in total. The molecule has 140 valence electrons. The molecule has 0 unspecified atom stereocenters. The van der Waals surface area contributed by atoms with Crippen molar-refractivity contribution in [3.63, 3.8) is 0 Å². The van der Waals surface area contributed by atoms with Crippen LogP contribution in [0.4, 0.5) is 0 Å². The van der Waals surface area contributed by atoms with Crippen molar-refractivity contribution in [1.82, 2.24) is 0 Å². The minimum atomic E-state index is 0.127. The fourth-order valence-electron chi connectivity index (χ4n) is 1.64. The van der Waals surface area contributed by atoms with Crippen LogP contribution in [0.5, 0.6) is 11.5 Å². The Bertz CT molecular complexity index is 577. The van der Waals surface area contributed by atoms with E-state index in [1.165, 1.54) is 11.6 Å². The summed E-state index contributed by atoms with van der Waals surface area (Å²) in [6.07, 6.45) is 3.08. The maximum absolute atomic E-state index is 6.17. The summed E-state index contributed by atoms with van der Waals surface area (Å²) in [6, 6.07) is 3.23. The predicted octanol–water partition coefficient (Wildman–Crippen LogP) is 7.19. The zero-order valence-electron chi connectivity index (χ0n) is 13.0. The van der Waals surface area contributed by atoms with Gasteiger partial charge in [0, 0.05) is 24.3 Å². The second-order valence-corrected chi connectivity index (χ2v) is 7.21. The lowest BCUT2D eigenvalue weighted by molar-refractivity contribution is 0.150. The number of halogens is 6. The Hall–Kier alpha value is -0.000000000000000167. The first-order chi connectivity index (χ1) is 11.9. The highest BCUT2D eigenvalue weighted by molar-refractivity contribution is 6.55. The smallest absolute Gasteiger partial charge is 0.156 e. The summed E-state index contributed by atoms with van der Waals surface area (Å²) >= 11 is 34.5. The van der Waals surface area contributed by atoms with Crippen LogP contribution in [0.1, 0.15) is 12.8 Å². The fraction of sp³-hybridized carbons (Fsp3) is 0.375. The van der Waals surface area contributed by atoms with Gasteiger partial charge in [-0.15, -0.1) is 0 Å². The molecule has 0 aromatic heterocycles. The van der Waals surface area contributed by atoms with Gasteiger partial charge in [-0.05, 0) is 18.9 Å². The van der Waals surface area contributed by atoms with Gasteiger partial charge in [-0.1, -0.05) is 69.6 Å². The third kappa shape index (κ3) is 10.0. The van der Waals surface area contributed by atoms with Crippen molar-refractivity contribution in [2.75, 3.05) is 26.4 Å². The van der Waals surface area contributed by atoms with E-state index in [4.69, 9.17) is 83.8 Å². The maximum atomic E-state index is 6.17. The fourth-order valence-corrected chi connectivity index (χ4v) is 2.48. The Balaban J connectivity index is 2.37. The van der Waals surface area contributed by atoms with Gasteiger partial charge >= 0.3 is 0 Å². The van der Waals surface area contributed by atoms with E-state index >= 15 is 0 Å². The normalized spacial score (nSPS) is 11.4. The van der Waals surface area contributed by atoms with Gasteiger partial charge in [0.05, 0.1) is 28.3 Å². The first-order valence-corrected chi connectivity index (χ1v) is 9.55. The van der Waals surface area contributed by atoms with Gasteiger partial charge in [-0.2, -0.15) is 0 Å². The second-order valence-electron chi connectivity index (χ2n) is 4.68. The van der Waals surface area contributed by atoms with Gasteiger partial charge in [0.2, 0.25) is 0 Å². The second kappa shape index (κ2) is 13.2. The number of benzene rings is 1. The van der Waals surface area contributed by atoms with E-state index in [0.29, 0.717) is 46.4 Å². The van der Waals surface area contributed by atoms with E-state index in [-0.39, 0.29) is 11.1 Å². The molecule has 1 aromatic rings. The van der Waals surface area contributed by atoms with Crippen molar-refractivity contribution in [2.45, 2.75) is 12.8 Å². The van der Waals surface area contributed by atoms with Crippen LogP contribution in [0.15, 0.2) is 33.3 Å². The standard InChI is InChI=1S/C16H16Cl6O3/c17-9-11(18)10-23-4-1-2-5-25-16-13(19)7-12(8-14(16)20)24-6-3-15(21)22/h3,7-9H,1-2,4-6,10H2/b11-9+. The number of rotatable bonds is 11. The molecule has 0 aliphatic heterocycles. The molecule has 0 amide bonds. The Morgan fingerprint density at radius 2 is 1.60 bits per heavy atom. The molecule has 3 nitrogen and oxygen atoms in total. The van der Waals surface area contributed by atoms with Gasteiger partial charge in [0.1, 0.15) is 16.8 Å². The Morgan fingerprint density at radius 3 is 2.20 bits per heavy atom. The summed E-state index contributed by atoms with van der Waals surface area (Å²) in [7, 11) is 0. The van der Waals surface area contributed by atoms with Crippen LogP contribution in [-0.2, 0) is 4.74 Å². The van der Waals surface area contributed by atoms with E-state index in [1.54, 1.807) is 12.1 Å². The molecule has 0 aliphatic carbocycles. The Kier molecular flexibility index (Phi) is 12.2. The highest BCUT2D eigenvalue weighted by Gasteiger charge is 2.10. The third-order valence-corrected chi connectivity index (χ3v) is 4.21. The first kappa shape index (κ1) is 23.0. The predicted molar refractivity (Wildman–Crippen MR) is 107 cm³/mol. The molecule has 0 atom stereocenters. The van der Waals surface area contributed by atoms with E-state index in [1.807, 2.05) is 0 Å². The molecule has 0 fully saturated rings. The van der Waals surface area contributed by atoms with Gasteiger partial charge in [0.15, 0.2) is 5.75 Å². The summed E-state index contributed by atoms with van der Waals surface area (Å²) in [5, 5.41) is 1.18. The minimum absolute atomic E-state index is 0.127. The van der Waals surface area contributed by atoms with E-state index in [0.717, 1.165) is 12.8 Å². The minimum Gasteiger partial charge on any atom is -0.490 e. The molecule has 0 aliphatic rings. The van der Waals surface area contributed by atoms with Crippen LogP contribution in [0, 0.1) is 0 Å². The number of unbranched alkanes of at least 4 members (excludes halogenated alkanes) is 1. The van der Waals surface area contributed by atoms with Crippen molar-refractivity contribution >= 4 is 69.6 Å². The van der Waals surface area contributed by atoms with Gasteiger partial charge in [0.25, 0.3) is 0 Å². The van der Waals surface area contributed by atoms with Crippen molar-refractivity contribution in [1.29, 1.82) is 0 Å². The zero-order chi connectivity index (χ0) is 18.7. The van der Waals surface area contributed by atoms with Gasteiger partial charge in [-0.3, -0.25) is 0 Å². The van der Waals surface area contributed by atoms with Crippen molar-refractivity contribution in [3.05, 3.63) is 43.3 Å². The molecule has 0 bridgehead atoms. The molecule has 1 rings (SSSR count). The summed E-state index contributed by atoms with van der Waals surface area (Å²) in [6.45, 7) is 1.51. The molecule has 0 heterocycles. The van der Waals surface area contributed by atoms with Crippen LogP contribution < -0.4 is 9.47 Å². The van der Waals surface area contributed by atoms with E-state index in [9.17, 15) is 0 Å². The van der Waals surface area contributed by atoms with E-state index < -0.39 is 0 Å². The van der Waals surface area contributed by atoms with Crippen LogP contribution in [0.25, 0.3) is 0 Å². The highest BCUT2D eigenvalue weighted by atomic mass is 35.5. The molecule has 0 saturated heterocycles. The molecular weight excluding hydrogens is 453 g/mol. The van der Waals surface area contributed by atoms with Crippen LogP contribution >= 0.6 is 69.6 Å². The molecule has 1 aromatic carbocycles. The van der Waals surface area contributed by atoms with Crippen LogP contribution in [0.3, 0.4) is 0 Å². The number of hydrogen-bond donors (Lipinski definition) is 0. The topological polar surface area (TPSA) is 27.7 Å². The number of ether oxygens (including phenoxy) is 3. The SMILES string of the molecule is Cl/C=C(/Cl)COCCCCOc1c(Cl)cc(OCC=C(Cl)Cl)cc1Cl. The third-order valence-electron chi connectivity index (χ3n) is 2.75. The summed E-state index contributed by atoms with van der Waals surface area (Å²) in [5.74, 6) is 0.904. The zero-order valence-corrected chi connectivity index (χ0v) is 17.6. The molecule has 25 heavy (non-hydrogen) atoms. The lowest BCUT2D eigenvalue weighted by Crippen LogP contribution is -2.03. The van der Waals surface area contributed by atoms with Crippen molar-refractivity contribution in [2.24, 2.45) is 0 Å². The average Bonchev–Trinajstić information content (AvgIpc) is 2.55. The quantitative estimate of drug-likeness (QED) is 0.322. The summed E-state index contributed by atoms with van der Waals surface area (Å²) < 4.78 is 16.5. The van der Waals surface area contributed by atoms with Crippen LogP contribution in [0.2, 0.25) is 10.0 Å². The lowest BCUT2D eigenvalue weighted by atomic mass is 10.3. The van der Waals surface area contributed by atoms with Gasteiger partial charge < -0.3 is 14.2 Å². The molecule has 0 radical (unpaired) electrons. The molecule has 0 spiro atoms. The highest BCUT2D eigenvalue weighted by Crippen LogP contribution is 2.37. The monoisotopic (exact) mass is 466 g/mol. The lowest BCUT2D eigenvalue weighted by Gasteiger charge is -2.12. The summed E-state index contributed by atoms with van der Waals surface area (Å²) in [5.41, 5.74) is 1.28. The summed E-state index contributed by atoms with van der Waals surface area (Å²) in [4.78, 5) is 0. The van der Waals surface area contributed by atoms with Crippen molar-refractivity contribution < 1.29 is 14.2 Å². The van der Waals surface area contributed by atoms with Crippen molar-refractivity contribution in [3.8, 4) is 11.5 Å². The average molecular weight is 469 g/mol.